The third kappa shape index (κ3) is 6.06. The van der Waals surface area contributed by atoms with Gasteiger partial charge in [-0.05, 0) is 50.5 Å². The van der Waals surface area contributed by atoms with Gasteiger partial charge in [0, 0.05) is 6.54 Å². The molecule has 2 aromatic carbocycles. The molecule has 0 aliphatic rings. The summed E-state index contributed by atoms with van der Waals surface area (Å²) in [6, 6.07) is 12.5. The van der Waals surface area contributed by atoms with Gasteiger partial charge >= 0.3 is 0 Å². The van der Waals surface area contributed by atoms with E-state index in [9.17, 15) is 18.0 Å². The number of carbonyl (C=O) groups excluding carboxylic acids is 1. The molecule has 33 heavy (non-hydrogen) atoms. The van der Waals surface area contributed by atoms with Gasteiger partial charge in [0.1, 0.15) is 11.9 Å². The minimum atomic E-state index is -3.89. The van der Waals surface area contributed by atoms with Crippen LogP contribution in [-0.4, -0.2) is 41.8 Å². The van der Waals surface area contributed by atoms with Crippen molar-refractivity contribution < 1.29 is 13.2 Å². The standard InChI is InChI=1S/C24H30N4O4S/c1-5-28(15-22-25-20-9-7-6-8-19(20)23(29)26-22)24(30)21(14-16(2)3)27-33(31,32)18-12-10-17(4)11-13-18/h6-13,16,21,27H,5,14-15H2,1-4H3,(H,25,26,29). The lowest BCUT2D eigenvalue weighted by molar-refractivity contribution is -0.133. The third-order valence-corrected chi connectivity index (χ3v) is 6.82. The third-order valence-electron chi connectivity index (χ3n) is 5.33. The molecule has 0 fully saturated rings. The number of amides is 1. The molecule has 3 aromatic rings. The lowest BCUT2D eigenvalue weighted by atomic mass is 10.0. The summed E-state index contributed by atoms with van der Waals surface area (Å²) in [6.07, 6.45) is 0.335. The number of benzene rings is 2. The highest BCUT2D eigenvalue weighted by Crippen LogP contribution is 2.16. The van der Waals surface area contributed by atoms with Crippen LogP contribution in [-0.2, 0) is 21.4 Å². The van der Waals surface area contributed by atoms with Crippen LogP contribution in [0.4, 0.5) is 0 Å². The number of nitrogens with zero attached hydrogens (tertiary/aromatic N) is 2. The van der Waals surface area contributed by atoms with Crippen LogP contribution in [0.3, 0.4) is 0 Å². The maximum absolute atomic E-state index is 13.4. The number of aromatic nitrogens is 2. The van der Waals surface area contributed by atoms with Crippen LogP contribution in [0.15, 0.2) is 58.2 Å². The van der Waals surface area contributed by atoms with E-state index >= 15 is 0 Å². The second kappa shape index (κ2) is 10.3. The summed E-state index contributed by atoms with van der Waals surface area (Å²) in [7, 11) is -3.89. The zero-order chi connectivity index (χ0) is 24.2. The van der Waals surface area contributed by atoms with Gasteiger partial charge in [-0.15, -0.1) is 0 Å². The molecule has 0 bridgehead atoms. The Morgan fingerprint density at radius 2 is 1.79 bits per heavy atom. The Balaban J connectivity index is 1.86. The van der Waals surface area contributed by atoms with Gasteiger partial charge in [-0.2, -0.15) is 4.72 Å². The number of para-hydroxylation sites is 1. The van der Waals surface area contributed by atoms with Gasteiger partial charge < -0.3 is 9.88 Å². The number of aromatic amines is 1. The molecule has 3 rings (SSSR count). The summed E-state index contributed by atoms with van der Waals surface area (Å²) in [5.74, 6) is 0.0632. The Kier molecular flexibility index (Phi) is 7.65. The molecule has 1 heterocycles. The van der Waals surface area contributed by atoms with Crippen molar-refractivity contribution in [3.63, 3.8) is 0 Å². The average Bonchev–Trinajstić information content (AvgIpc) is 2.76. The smallest absolute Gasteiger partial charge is 0.258 e. The first-order valence-corrected chi connectivity index (χ1v) is 12.4. The first kappa shape index (κ1) is 24.6. The van der Waals surface area contributed by atoms with Crippen LogP contribution in [0.2, 0.25) is 0 Å². The molecule has 0 radical (unpaired) electrons. The van der Waals surface area contributed by atoms with E-state index in [2.05, 4.69) is 14.7 Å². The van der Waals surface area contributed by atoms with Crippen molar-refractivity contribution in [3.05, 3.63) is 70.3 Å². The Hall–Kier alpha value is -3.04. The zero-order valence-electron chi connectivity index (χ0n) is 19.3. The fourth-order valence-corrected chi connectivity index (χ4v) is 4.80. The monoisotopic (exact) mass is 470 g/mol. The number of nitrogens with one attached hydrogen (secondary N) is 2. The summed E-state index contributed by atoms with van der Waals surface area (Å²) in [5.41, 5.74) is 1.20. The molecule has 1 amide bonds. The highest BCUT2D eigenvalue weighted by Gasteiger charge is 2.30. The summed E-state index contributed by atoms with van der Waals surface area (Å²) < 4.78 is 28.5. The Morgan fingerprint density at radius 1 is 1.12 bits per heavy atom. The minimum Gasteiger partial charge on any atom is -0.334 e. The van der Waals surface area contributed by atoms with Crippen LogP contribution in [0.1, 0.15) is 38.6 Å². The Morgan fingerprint density at radius 3 is 2.42 bits per heavy atom. The molecule has 2 N–H and O–H groups in total. The molecule has 1 atom stereocenters. The van der Waals surface area contributed by atoms with Crippen molar-refractivity contribution >= 4 is 26.8 Å². The molecule has 0 saturated carbocycles. The second-order valence-corrected chi connectivity index (χ2v) is 10.2. The number of aryl methyl sites for hydroxylation is 1. The maximum atomic E-state index is 13.4. The van der Waals surface area contributed by atoms with Crippen molar-refractivity contribution in [2.75, 3.05) is 6.54 Å². The number of carbonyl (C=O) groups is 1. The van der Waals surface area contributed by atoms with Gasteiger partial charge in [0.2, 0.25) is 15.9 Å². The highest BCUT2D eigenvalue weighted by molar-refractivity contribution is 7.89. The van der Waals surface area contributed by atoms with E-state index in [0.29, 0.717) is 29.7 Å². The summed E-state index contributed by atoms with van der Waals surface area (Å²) in [6.45, 7) is 7.93. The largest absolute Gasteiger partial charge is 0.334 e. The van der Waals surface area contributed by atoms with E-state index in [-0.39, 0.29) is 28.8 Å². The number of fused-ring (bicyclic) bond motifs is 1. The Bertz CT molecular complexity index is 1280. The molecular weight excluding hydrogens is 440 g/mol. The minimum absolute atomic E-state index is 0.0657. The van der Waals surface area contributed by atoms with Crippen molar-refractivity contribution in [3.8, 4) is 0 Å². The van der Waals surface area contributed by atoms with Crippen molar-refractivity contribution in [1.29, 1.82) is 0 Å². The molecule has 1 unspecified atom stereocenters. The maximum Gasteiger partial charge on any atom is 0.258 e. The van der Waals surface area contributed by atoms with Crippen LogP contribution in [0.5, 0.6) is 0 Å². The summed E-state index contributed by atoms with van der Waals surface area (Å²) >= 11 is 0. The second-order valence-electron chi connectivity index (χ2n) is 8.50. The van der Waals surface area contributed by atoms with Gasteiger partial charge in [-0.3, -0.25) is 9.59 Å². The van der Waals surface area contributed by atoms with Crippen LogP contribution in [0, 0.1) is 12.8 Å². The van der Waals surface area contributed by atoms with Gasteiger partial charge in [-0.1, -0.05) is 43.7 Å². The lowest BCUT2D eigenvalue weighted by Gasteiger charge is -2.27. The average molecular weight is 471 g/mol. The van der Waals surface area contributed by atoms with E-state index < -0.39 is 16.1 Å². The van der Waals surface area contributed by atoms with Crippen LogP contribution >= 0.6 is 0 Å². The highest BCUT2D eigenvalue weighted by atomic mass is 32.2. The van der Waals surface area contributed by atoms with E-state index in [4.69, 9.17) is 0 Å². The molecule has 176 valence electrons. The van der Waals surface area contributed by atoms with Crippen molar-refractivity contribution in [2.24, 2.45) is 5.92 Å². The molecule has 8 nitrogen and oxygen atoms in total. The first-order valence-electron chi connectivity index (χ1n) is 11.0. The van der Waals surface area contributed by atoms with Crippen molar-refractivity contribution in [2.45, 2.75) is 51.6 Å². The predicted octanol–water partition coefficient (Wildman–Crippen LogP) is 2.97. The number of hydrogen-bond donors (Lipinski definition) is 2. The first-order chi connectivity index (χ1) is 15.6. The van der Waals surface area contributed by atoms with Crippen LogP contribution < -0.4 is 10.3 Å². The normalized spacial score (nSPS) is 12.8. The number of likely N-dealkylation sites (N-methyl/N-ethyl adjacent to an activating group) is 1. The Labute approximate surface area is 194 Å². The molecule has 9 heteroatoms. The number of H-pyrrole nitrogens is 1. The molecule has 0 aliphatic carbocycles. The summed E-state index contributed by atoms with van der Waals surface area (Å²) in [5, 5.41) is 0.471. The molecule has 0 saturated heterocycles. The van der Waals surface area contributed by atoms with E-state index in [1.54, 1.807) is 43.3 Å². The zero-order valence-corrected chi connectivity index (χ0v) is 20.1. The quantitative estimate of drug-likeness (QED) is 0.499. The molecule has 0 spiro atoms. The molecular formula is C24H30N4O4S. The lowest BCUT2D eigenvalue weighted by Crippen LogP contribution is -2.49. The number of sulfonamides is 1. The fourth-order valence-electron chi connectivity index (χ4n) is 3.60. The van der Waals surface area contributed by atoms with Gasteiger partial charge in [0.15, 0.2) is 0 Å². The molecule has 1 aromatic heterocycles. The fraction of sp³-hybridized carbons (Fsp3) is 0.375. The SMILES string of the molecule is CCN(Cc1nc2ccccc2c(=O)[nH]1)C(=O)C(CC(C)C)NS(=O)(=O)c1ccc(C)cc1. The van der Waals surface area contributed by atoms with Crippen LogP contribution in [0.25, 0.3) is 10.9 Å². The van der Waals surface area contributed by atoms with Gasteiger partial charge in [0.25, 0.3) is 5.56 Å². The predicted molar refractivity (Wildman–Crippen MR) is 128 cm³/mol. The number of hydrogen-bond acceptors (Lipinski definition) is 5. The summed E-state index contributed by atoms with van der Waals surface area (Å²) in [4.78, 5) is 34.6. The topological polar surface area (TPSA) is 112 Å². The molecule has 0 aliphatic heterocycles. The number of rotatable bonds is 9. The van der Waals surface area contributed by atoms with E-state index in [0.717, 1.165) is 5.56 Å². The van der Waals surface area contributed by atoms with Gasteiger partial charge in [0.05, 0.1) is 22.3 Å². The van der Waals surface area contributed by atoms with E-state index in [1.807, 2.05) is 20.8 Å². The van der Waals surface area contributed by atoms with E-state index in [1.165, 1.54) is 17.0 Å². The van der Waals surface area contributed by atoms with Crippen molar-refractivity contribution in [1.82, 2.24) is 19.6 Å². The van der Waals surface area contributed by atoms with Gasteiger partial charge in [-0.25, -0.2) is 13.4 Å².